The molecule has 0 fully saturated rings. The van der Waals surface area contributed by atoms with Crippen LogP contribution in [0.4, 0.5) is 0 Å². The van der Waals surface area contributed by atoms with Gasteiger partial charge >= 0.3 is 21.8 Å². The van der Waals surface area contributed by atoms with Gasteiger partial charge in [0.1, 0.15) is 0 Å². The topological polar surface area (TPSA) is 17.1 Å². The van der Waals surface area contributed by atoms with E-state index in [2.05, 4.69) is 0 Å². The Morgan fingerprint density at radius 1 is 1.17 bits per heavy atom. The zero-order chi connectivity index (χ0) is 2.00. The van der Waals surface area contributed by atoms with Gasteiger partial charge in [0.25, 0.3) is 0 Å². The summed E-state index contributed by atoms with van der Waals surface area (Å²) in [6, 6.07) is 0. The largest absolute Gasteiger partial charge is 0 e. The fourth-order valence-corrected chi connectivity index (χ4v) is 0. The van der Waals surface area contributed by atoms with E-state index in [4.69, 9.17) is 3.57 Å². The van der Waals surface area contributed by atoms with Gasteiger partial charge < -0.3 is 0 Å². The van der Waals surface area contributed by atoms with E-state index in [1.807, 2.05) is 0 Å². The molecule has 0 aliphatic heterocycles. The second kappa shape index (κ2) is 47.9. The predicted octanol–water partition coefficient (Wildman–Crippen LogP) is -1.31. The van der Waals surface area contributed by atoms with Crippen LogP contribution in [0.5, 0.6) is 0 Å². The molecule has 0 N–H and O–H groups in total. The van der Waals surface area contributed by atoms with Gasteiger partial charge in [0, 0.05) is 55.0 Å². The molecule has 37 valence electrons. The fraction of sp³-hybridized carbons (Fsp3) is 0. The molecular weight excluding hydrogens is 274 g/mol. The van der Waals surface area contributed by atoms with E-state index >= 15 is 0 Å². The smallest absolute Gasteiger partial charge is 0 e. The summed E-state index contributed by atoms with van der Waals surface area (Å²) in [6.45, 7) is 0. The van der Waals surface area contributed by atoms with Crippen LogP contribution in [0.15, 0.2) is 0 Å². The van der Waals surface area contributed by atoms with Gasteiger partial charge in [0.2, 0.25) is 0 Å². The SMILES string of the molecule is [AlH3].[Co].[Ni].[O]=[Zn].[Ti]. The van der Waals surface area contributed by atoms with E-state index in [1.54, 1.807) is 0 Å². The summed E-state index contributed by atoms with van der Waals surface area (Å²) in [4.78, 5) is 0. The average molecular weight is 277 g/mol. The van der Waals surface area contributed by atoms with Crippen molar-refractivity contribution in [3.05, 3.63) is 0 Å². The Labute approximate surface area is 92.9 Å². The second-order valence-corrected chi connectivity index (χ2v) is 0. The first-order chi connectivity index (χ1) is 1.00. The van der Waals surface area contributed by atoms with Crippen LogP contribution in [-0.4, -0.2) is 17.4 Å². The molecule has 1 radical (unpaired) electrons. The van der Waals surface area contributed by atoms with Gasteiger partial charge in [-0.15, -0.1) is 0 Å². The minimum atomic E-state index is 0. The van der Waals surface area contributed by atoms with Gasteiger partial charge in [-0.2, -0.15) is 0 Å². The van der Waals surface area contributed by atoms with Crippen molar-refractivity contribution in [2.24, 2.45) is 0 Å². The molecule has 0 saturated carbocycles. The first kappa shape index (κ1) is 37.9. The van der Waals surface area contributed by atoms with Crippen molar-refractivity contribution in [1.82, 2.24) is 0 Å². The van der Waals surface area contributed by atoms with Crippen molar-refractivity contribution >= 4 is 17.4 Å². The Bertz CT molecular complexity index is 15.5. The molecule has 0 saturated heterocycles. The van der Waals surface area contributed by atoms with Crippen molar-refractivity contribution in [2.45, 2.75) is 0 Å². The Morgan fingerprint density at radius 3 is 1.17 bits per heavy atom. The second-order valence-electron chi connectivity index (χ2n) is 0. The molecule has 0 aromatic carbocycles. The molecule has 0 aromatic heterocycles. The van der Waals surface area contributed by atoms with Crippen LogP contribution in [0.2, 0.25) is 0 Å². The molecule has 0 aromatic rings. The zero-order valence-electron chi connectivity index (χ0n) is 2.26. The first-order valence-electron chi connectivity index (χ1n) is 0.289. The Balaban J connectivity index is -0.000000000833. The minimum absolute atomic E-state index is 0. The van der Waals surface area contributed by atoms with Gasteiger partial charge in [-0.3, -0.25) is 0 Å². The van der Waals surface area contributed by atoms with Crippen molar-refractivity contribution in [3.8, 4) is 0 Å². The predicted molar refractivity (Wildman–Crippen MR) is 10.6 cm³/mol. The summed E-state index contributed by atoms with van der Waals surface area (Å²) < 4.78 is 8.38. The maximum Gasteiger partial charge on any atom is 0 e. The molecule has 1 nitrogen and oxygen atoms in total. The standard InChI is InChI=1S/Al.Co.Ni.O.Ti.Zn.3H. The Kier molecular flexibility index (Phi) is 302. The average Bonchev–Trinajstić information content (AvgIpc) is 1.00. The van der Waals surface area contributed by atoms with Crippen LogP contribution in [-0.2, 0) is 76.8 Å². The van der Waals surface area contributed by atoms with Crippen LogP contribution < -0.4 is 0 Å². The molecule has 0 rings (SSSR count). The quantitative estimate of drug-likeness (QED) is 0.502. The monoisotopic (exact) mass is 275 g/mol. The van der Waals surface area contributed by atoms with Crippen LogP contribution in [0.3, 0.4) is 0 Å². The van der Waals surface area contributed by atoms with E-state index in [0.717, 1.165) is 0 Å². The molecule has 0 bridgehead atoms. The molecular formula is H3AlCoNiOTiZn. The number of hydrogen-bond acceptors (Lipinski definition) is 1. The summed E-state index contributed by atoms with van der Waals surface area (Å²) in [7, 11) is 0. The van der Waals surface area contributed by atoms with Gasteiger partial charge in [-0.25, -0.2) is 0 Å². The van der Waals surface area contributed by atoms with E-state index in [-0.39, 0.29) is 90.6 Å². The van der Waals surface area contributed by atoms with Gasteiger partial charge in [-0.05, 0) is 0 Å². The van der Waals surface area contributed by atoms with Gasteiger partial charge in [-0.1, -0.05) is 0 Å². The van der Waals surface area contributed by atoms with Crippen LogP contribution in [0.1, 0.15) is 0 Å². The molecule has 6 heavy (non-hydrogen) atoms. The molecule has 0 spiro atoms. The molecule has 0 amide bonds. The zero-order valence-corrected chi connectivity index (χ0v) is 8.82. The van der Waals surface area contributed by atoms with Crippen molar-refractivity contribution in [3.63, 3.8) is 0 Å². The maximum absolute atomic E-state index is 8.38. The van der Waals surface area contributed by atoms with E-state index in [1.165, 1.54) is 0 Å². The van der Waals surface area contributed by atoms with E-state index in [9.17, 15) is 0 Å². The summed E-state index contributed by atoms with van der Waals surface area (Å²) >= 11 is 0.125. The third kappa shape index (κ3) is 30.1. The van der Waals surface area contributed by atoms with Gasteiger partial charge in [0.15, 0.2) is 17.4 Å². The van der Waals surface area contributed by atoms with E-state index in [0.29, 0.717) is 0 Å². The third-order valence-electron chi connectivity index (χ3n) is 0. The molecule has 0 aliphatic carbocycles. The molecule has 0 unspecified atom stereocenters. The summed E-state index contributed by atoms with van der Waals surface area (Å²) in [5.41, 5.74) is 0. The number of hydrogen-bond donors (Lipinski definition) is 0. The Hall–Kier alpha value is 2.67. The van der Waals surface area contributed by atoms with E-state index < -0.39 is 0 Å². The van der Waals surface area contributed by atoms with Crippen molar-refractivity contribution in [2.75, 3.05) is 0 Å². The molecule has 0 aliphatic rings. The van der Waals surface area contributed by atoms with Crippen molar-refractivity contribution in [1.29, 1.82) is 0 Å². The van der Waals surface area contributed by atoms with Crippen molar-refractivity contribution < 1.29 is 76.8 Å². The summed E-state index contributed by atoms with van der Waals surface area (Å²) in [5.74, 6) is 0. The van der Waals surface area contributed by atoms with Gasteiger partial charge in [0.05, 0.1) is 0 Å². The molecule has 0 heterocycles. The van der Waals surface area contributed by atoms with Crippen LogP contribution in [0.25, 0.3) is 0 Å². The first-order valence-corrected chi connectivity index (χ1v) is 1.50. The summed E-state index contributed by atoms with van der Waals surface area (Å²) in [5, 5.41) is 0. The molecule has 0 atom stereocenters. The number of rotatable bonds is 0. The summed E-state index contributed by atoms with van der Waals surface area (Å²) in [6.07, 6.45) is 0. The fourth-order valence-electron chi connectivity index (χ4n) is 0. The molecule has 6 heteroatoms. The third-order valence-corrected chi connectivity index (χ3v) is 0. The normalized spacial score (nSPS) is 1.00. The van der Waals surface area contributed by atoms with Crippen LogP contribution >= 0.6 is 0 Å². The Morgan fingerprint density at radius 2 is 1.17 bits per heavy atom. The maximum atomic E-state index is 8.38. The van der Waals surface area contributed by atoms with Crippen LogP contribution in [0, 0.1) is 0 Å². The minimum Gasteiger partial charge on any atom is 0 e.